The largest absolute Gasteiger partial charge is 0.308 e. The minimum atomic E-state index is -0.514. The number of rotatable bonds is 3. The Bertz CT molecular complexity index is 1530. The van der Waals surface area contributed by atoms with Gasteiger partial charge in [-0.15, -0.1) is 11.3 Å². The Hall–Kier alpha value is -3.54. The molecule has 8 heteroatoms. The molecule has 0 atom stereocenters. The van der Waals surface area contributed by atoms with Gasteiger partial charge in [-0.3, -0.25) is 19.8 Å². The zero-order chi connectivity index (χ0) is 25.7. The quantitative estimate of drug-likeness (QED) is 0.290. The fourth-order valence-corrected chi connectivity index (χ4v) is 6.88. The van der Waals surface area contributed by atoms with Gasteiger partial charge in [0.25, 0.3) is 11.8 Å². The number of nitrogens with zero attached hydrogens (tertiary/aromatic N) is 3. The number of hydrogen-bond donors (Lipinski definition) is 1. The molecule has 0 bridgehead atoms. The molecule has 1 aliphatic carbocycles. The van der Waals surface area contributed by atoms with Crippen LogP contribution in [-0.2, 0) is 22.4 Å². The van der Waals surface area contributed by atoms with Crippen LogP contribution in [0.5, 0.6) is 0 Å². The molecule has 0 saturated carbocycles. The van der Waals surface area contributed by atoms with Gasteiger partial charge in [0, 0.05) is 16.3 Å². The second kappa shape index (κ2) is 9.16. The molecule has 2 aliphatic rings. The van der Waals surface area contributed by atoms with Crippen molar-refractivity contribution in [1.29, 1.82) is 5.26 Å². The second-order valence-corrected chi connectivity index (χ2v) is 10.9. The molecular formula is C28H26N4O2S2. The highest BCUT2D eigenvalue weighted by atomic mass is 32.1. The molecule has 6 nitrogen and oxygen atoms in total. The minimum absolute atomic E-state index is 0.0230. The van der Waals surface area contributed by atoms with Gasteiger partial charge in [-0.1, -0.05) is 17.7 Å². The highest BCUT2D eigenvalue weighted by molar-refractivity contribution is 7.80. The van der Waals surface area contributed by atoms with Crippen molar-refractivity contribution >= 4 is 52.2 Å². The molecule has 0 spiro atoms. The number of anilines is 1. The average molecular weight is 515 g/mol. The lowest BCUT2D eigenvalue weighted by Crippen LogP contribution is -2.54. The highest BCUT2D eigenvalue weighted by Crippen LogP contribution is 2.38. The van der Waals surface area contributed by atoms with E-state index in [-0.39, 0.29) is 10.7 Å². The molecule has 1 saturated heterocycles. The number of carbonyl (C=O) groups excluding carboxylic acids is 2. The van der Waals surface area contributed by atoms with Gasteiger partial charge in [-0.25, -0.2) is 0 Å². The van der Waals surface area contributed by atoms with Gasteiger partial charge in [-0.2, -0.15) is 5.26 Å². The standard InChI is InChI=1S/C28H26N4O2S2/c1-15-9-10-23(16(2)11-15)32-26(34)21(25(33)30-28(32)35)13-19-12-17(3)31(18(19)4)27-22(14-29)20-7-5-6-8-24(20)36-27/h9-13H,5-8H2,1-4H3,(H,30,33,35)/b21-13-. The lowest BCUT2D eigenvalue weighted by molar-refractivity contribution is -0.122. The summed E-state index contributed by atoms with van der Waals surface area (Å²) in [6.45, 7) is 7.84. The summed E-state index contributed by atoms with van der Waals surface area (Å²) in [5, 5.41) is 13.6. The Kier molecular flexibility index (Phi) is 6.15. The molecule has 2 amide bonds. The van der Waals surface area contributed by atoms with E-state index in [2.05, 4.69) is 16.0 Å². The van der Waals surface area contributed by atoms with E-state index in [9.17, 15) is 14.9 Å². The number of nitriles is 1. The number of carbonyl (C=O) groups is 2. The number of hydrogen-bond acceptors (Lipinski definition) is 5. The van der Waals surface area contributed by atoms with Crippen LogP contribution in [0.4, 0.5) is 5.69 Å². The maximum atomic E-state index is 13.6. The van der Waals surface area contributed by atoms with Gasteiger partial charge in [0.05, 0.1) is 11.3 Å². The van der Waals surface area contributed by atoms with E-state index in [1.807, 2.05) is 52.0 Å². The second-order valence-electron chi connectivity index (χ2n) is 9.41. The Morgan fingerprint density at radius 3 is 2.58 bits per heavy atom. The number of thiophene rings is 1. The lowest BCUT2D eigenvalue weighted by Gasteiger charge is -2.30. The van der Waals surface area contributed by atoms with Crippen molar-refractivity contribution in [2.24, 2.45) is 0 Å². The van der Waals surface area contributed by atoms with Gasteiger partial charge in [-0.05, 0) is 100 Å². The molecule has 0 radical (unpaired) electrons. The van der Waals surface area contributed by atoms with Gasteiger partial charge in [0.15, 0.2) is 5.11 Å². The number of aromatic nitrogens is 1. The third-order valence-electron chi connectivity index (χ3n) is 6.93. The SMILES string of the molecule is Cc1ccc(N2C(=O)/C(=C\c3cc(C)n(-c4sc5c(c4C#N)CCCC5)c3C)C(=O)NC2=S)c(C)c1. The van der Waals surface area contributed by atoms with Crippen molar-refractivity contribution in [2.45, 2.75) is 53.4 Å². The number of amides is 2. The summed E-state index contributed by atoms with van der Waals surface area (Å²) in [5.41, 5.74) is 7.14. The van der Waals surface area contributed by atoms with Gasteiger partial charge < -0.3 is 4.57 Å². The van der Waals surface area contributed by atoms with E-state index in [0.29, 0.717) is 5.69 Å². The smallest absolute Gasteiger partial charge is 0.270 e. The van der Waals surface area contributed by atoms with Gasteiger partial charge >= 0.3 is 0 Å². The normalized spacial score (nSPS) is 16.8. The summed E-state index contributed by atoms with van der Waals surface area (Å²) in [6, 6.07) is 10.1. The van der Waals surface area contributed by atoms with Crippen LogP contribution in [0, 0.1) is 39.0 Å². The Morgan fingerprint density at radius 1 is 1.11 bits per heavy atom. The van der Waals surface area contributed by atoms with Crippen molar-refractivity contribution in [2.75, 3.05) is 4.90 Å². The summed E-state index contributed by atoms with van der Waals surface area (Å²) in [5.74, 6) is -0.968. The Morgan fingerprint density at radius 2 is 1.86 bits per heavy atom. The van der Waals surface area contributed by atoms with Crippen LogP contribution in [0.25, 0.3) is 11.1 Å². The summed E-state index contributed by atoms with van der Waals surface area (Å²) in [7, 11) is 0. The average Bonchev–Trinajstić information content (AvgIpc) is 3.33. The summed E-state index contributed by atoms with van der Waals surface area (Å²) < 4.78 is 2.08. The van der Waals surface area contributed by atoms with Gasteiger partial charge in [0.2, 0.25) is 0 Å². The Balaban J connectivity index is 1.58. The maximum Gasteiger partial charge on any atom is 0.270 e. The number of fused-ring (bicyclic) bond motifs is 1. The van der Waals surface area contributed by atoms with Crippen LogP contribution in [-0.4, -0.2) is 21.5 Å². The van der Waals surface area contributed by atoms with Crippen LogP contribution >= 0.6 is 23.6 Å². The molecule has 1 aromatic carbocycles. The molecule has 3 aromatic rings. The monoisotopic (exact) mass is 514 g/mol. The number of aryl methyl sites for hydroxylation is 4. The van der Waals surface area contributed by atoms with Crippen molar-refractivity contribution in [3.05, 3.63) is 73.9 Å². The summed E-state index contributed by atoms with van der Waals surface area (Å²) in [6.07, 6.45) is 5.83. The molecule has 3 heterocycles. The zero-order valence-electron chi connectivity index (χ0n) is 20.7. The predicted octanol–water partition coefficient (Wildman–Crippen LogP) is 5.35. The molecule has 5 rings (SSSR count). The highest BCUT2D eigenvalue weighted by Gasteiger charge is 2.35. The molecule has 0 unspecified atom stereocenters. The summed E-state index contributed by atoms with van der Waals surface area (Å²) in [4.78, 5) is 29.1. The van der Waals surface area contributed by atoms with E-state index < -0.39 is 11.8 Å². The number of thiocarbonyl (C=S) groups is 1. The topological polar surface area (TPSA) is 78.1 Å². The van der Waals surface area contributed by atoms with Crippen LogP contribution in [0.2, 0.25) is 0 Å². The van der Waals surface area contributed by atoms with Crippen LogP contribution in [0.3, 0.4) is 0 Å². The molecular weight excluding hydrogens is 488 g/mol. The van der Waals surface area contributed by atoms with Crippen molar-refractivity contribution in [1.82, 2.24) is 9.88 Å². The molecule has 1 fully saturated rings. The lowest BCUT2D eigenvalue weighted by atomic mass is 9.96. The third-order valence-corrected chi connectivity index (χ3v) is 8.49. The molecule has 1 N–H and O–H groups in total. The van der Waals surface area contributed by atoms with Crippen molar-refractivity contribution in [3.8, 4) is 11.1 Å². The first kappa shape index (κ1) is 24.2. The van der Waals surface area contributed by atoms with Crippen LogP contribution in [0.15, 0.2) is 29.8 Å². The fourth-order valence-electron chi connectivity index (χ4n) is 5.16. The first-order valence-electron chi connectivity index (χ1n) is 11.9. The van der Waals surface area contributed by atoms with E-state index in [4.69, 9.17) is 12.2 Å². The molecule has 36 heavy (non-hydrogen) atoms. The maximum absolute atomic E-state index is 13.6. The molecule has 182 valence electrons. The van der Waals surface area contributed by atoms with E-state index in [1.54, 1.807) is 17.4 Å². The van der Waals surface area contributed by atoms with Crippen molar-refractivity contribution in [3.63, 3.8) is 0 Å². The van der Waals surface area contributed by atoms with E-state index in [0.717, 1.165) is 64.3 Å². The number of benzene rings is 1. The third kappa shape index (κ3) is 3.89. The van der Waals surface area contributed by atoms with Crippen molar-refractivity contribution < 1.29 is 9.59 Å². The molecule has 2 aromatic heterocycles. The van der Waals surface area contributed by atoms with Crippen LogP contribution < -0.4 is 10.2 Å². The van der Waals surface area contributed by atoms with E-state index >= 15 is 0 Å². The first-order chi connectivity index (χ1) is 17.2. The first-order valence-corrected chi connectivity index (χ1v) is 13.2. The number of nitrogens with one attached hydrogen (secondary N) is 1. The van der Waals surface area contributed by atoms with Gasteiger partial charge in [0.1, 0.15) is 16.6 Å². The Labute approximate surface area is 219 Å². The fraction of sp³-hybridized carbons (Fsp3) is 0.286. The zero-order valence-corrected chi connectivity index (χ0v) is 22.3. The van der Waals surface area contributed by atoms with E-state index in [1.165, 1.54) is 15.3 Å². The van der Waals surface area contributed by atoms with Crippen LogP contribution in [0.1, 0.15) is 56.9 Å². The predicted molar refractivity (Wildman–Crippen MR) is 147 cm³/mol. The molecule has 1 aliphatic heterocycles. The summed E-state index contributed by atoms with van der Waals surface area (Å²) >= 11 is 7.05. The minimum Gasteiger partial charge on any atom is -0.308 e.